The Morgan fingerprint density at radius 2 is 1.94 bits per heavy atom. The van der Waals surface area contributed by atoms with Crippen molar-refractivity contribution in [3.63, 3.8) is 0 Å². The van der Waals surface area contributed by atoms with Crippen LogP contribution in [0.2, 0.25) is 5.02 Å². The summed E-state index contributed by atoms with van der Waals surface area (Å²) < 4.78 is 5.38. The van der Waals surface area contributed by atoms with Gasteiger partial charge in [0.2, 0.25) is 0 Å². The molecule has 0 bridgehead atoms. The van der Waals surface area contributed by atoms with E-state index in [9.17, 15) is 4.79 Å². The highest BCUT2D eigenvalue weighted by atomic mass is 35.5. The van der Waals surface area contributed by atoms with Gasteiger partial charge in [0, 0.05) is 22.6 Å². The van der Waals surface area contributed by atoms with Crippen molar-refractivity contribution in [2.75, 3.05) is 0 Å². The second-order valence-electron chi connectivity index (χ2n) is 7.39. The van der Waals surface area contributed by atoms with Gasteiger partial charge in [0.25, 0.3) is 5.56 Å². The monoisotopic (exact) mass is 451 g/mol. The van der Waals surface area contributed by atoms with Crippen molar-refractivity contribution >= 4 is 39.8 Å². The lowest BCUT2D eigenvalue weighted by Crippen LogP contribution is -2.39. The zero-order valence-corrected chi connectivity index (χ0v) is 18.6. The number of pyridine rings is 1. The number of aromatic nitrogens is 1. The summed E-state index contributed by atoms with van der Waals surface area (Å²) >= 11 is 11.9. The van der Waals surface area contributed by atoms with E-state index in [4.69, 9.17) is 28.2 Å². The van der Waals surface area contributed by atoms with E-state index in [1.165, 1.54) is 0 Å². The van der Waals surface area contributed by atoms with Gasteiger partial charge in [-0.05, 0) is 66.0 Å². The molecule has 0 saturated heterocycles. The van der Waals surface area contributed by atoms with Gasteiger partial charge in [0.15, 0.2) is 5.11 Å². The molecule has 0 fully saturated rings. The third-order valence-corrected chi connectivity index (χ3v) is 5.87. The summed E-state index contributed by atoms with van der Waals surface area (Å²) in [6.07, 6.45) is 1.63. The normalized spacial score (nSPS) is 10.9. The first-order chi connectivity index (χ1) is 15.0. The molecule has 0 aliphatic rings. The number of hydrogen-bond acceptors (Lipinski definition) is 3. The van der Waals surface area contributed by atoms with Crippen molar-refractivity contribution < 1.29 is 4.42 Å². The average Bonchev–Trinajstić information content (AvgIpc) is 3.28. The molecule has 0 unspecified atom stereocenters. The number of nitrogens with one attached hydrogen (secondary N) is 2. The Morgan fingerprint density at radius 3 is 2.68 bits per heavy atom. The number of H-pyrrole nitrogens is 1. The number of rotatable bonds is 6. The summed E-state index contributed by atoms with van der Waals surface area (Å²) in [7, 11) is 0. The minimum atomic E-state index is -0.153. The van der Waals surface area contributed by atoms with Crippen LogP contribution in [0.4, 0.5) is 0 Å². The van der Waals surface area contributed by atoms with Crippen LogP contribution in [0.5, 0.6) is 0 Å². The van der Waals surface area contributed by atoms with Crippen LogP contribution >= 0.6 is 23.8 Å². The predicted octanol–water partition coefficient (Wildman–Crippen LogP) is 5.16. The maximum absolute atomic E-state index is 12.8. The lowest BCUT2D eigenvalue weighted by molar-refractivity contribution is 0.393. The number of nitrogens with zero attached hydrogens (tertiary/aromatic N) is 1. The summed E-state index contributed by atoms with van der Waals surface area (Å²) in [6.45, 7) is 3.36. The molecule has 2 N–H and O–H groups in total. The third kappa shape index (κ3) is 5.16. The molecule has 0 atom stereocenters. The highest BCUT2D eigenvalue weighted by Crippen LogP contribution is 2.22. The minimum Gasteiger partial charge on any atom is -0.467 e. The number of aryl methyl sites for hydroxylation is 1. The second kappa shape index (κ2) is 9.37. The van der Waals surface area contributed by atoms with E-state index in [1.807, 2.05) is 66.4 Å². The Hall–Kier alpha value is -3.09. The molecule has 158 valence electrons. The highest BCUT2D eigenvalue weighted by Gasteiger charge is 2.15. The molecular weight excluding hydrogens is 430 g/mol. The van der Waals surface area contributed by atoms with E-state index in [2.05, 4.69) is 10.3 Å². The van der Waals surface area contributed by atoms with E-state index in [0.29, 0.717) is 35.3 Å². The smallest absolute Gasteiger partial charge is 0.253 e. The van der Waals surface area contributed by atoms with Gasteiger partial charge in [0.1, 0.15) is 5.76 Å². The van der Waals surface area contributed by atoms with Crippen LogP contribution in [-0.2, 0) is 19.6 Å². The molecule has 31 heavy (non-hydrogen) atoms. The fourth-order valence-corrected chi connectivity index (χ4v) is 3.77. The van der Waals surface area contributed by atoms with Crippen molar-refractivity contribution in [1.82, 2.24) is 15.2 Å². The largest absolute Gasteiger partial charge is 0.467 e. The first kappa shape index (κ1) is 21.2. The molecule has 2 aromatic heterocycles. The highest BCUT2D eigenvalue weighted by molar-refractivity contribution is 7.80. The maximum atomic E-state index is 12.8. The lowest BCUT2D eigenvalue weighted by atomic mass is 10.1. The summed E-state index contributed by atoms with van der Waals surface area (Å²) in [5, 5.41) is 5.35. The summed E-state index contributed by atoms with van der Waals surface area (Å²) in [6, 6.07) is 19.4. The topological polar surface area (TPSA) is 61.3 Å². The fraction of sp³-hybridized carbons (Fsp3) is 0.167. The predicted molar refractivity (Wildman–Crippen MR) is 128 cm³/mol. The Balaban J connectivity index is 1.61. The third-order valence-electron chi connectivity index (χ3n) is 5.06. The quantitative estimate of drug-likeness (QED) is 0.396. The Morgan fingerprint density at radius 1 is 1.13 bits per heavy atom. The molecule has 0 saturated carbocycles. The molecule has 0 amide bonds. The lowest BCUT2D eigenvalue weighted by Gasteiger charge is -2.26. The van der Waals surface area contributed by atoms with Crippen LogP contribution in [0.1, 0.15) is 22.5 Å². The van der Waals surface area contributed by atoms with Crippen LogP contribution in [0.25, 0.3) is 10.9 Å². The molecule has 4 aromatic rings. The molecule has 0 aliphatic carbocycles. The van der Waals surface area contributed by atoms with Gasteiger partial charge in [-0.15, -0.1) is 0 Å². The summed E-state index contributed by atoms with van der Waals surface area (Å²) in [4.78, 5) is 17.7. The van der Waals surface area contributed by atoms with Crippen LogP contribution in [-0.4, -0.2) is 15.0 Å². The molecule has 5 nitrogen and oxygen atoms in total. The Labute approximate surface area is 190 Å². The van der Waals surface area contributed by atoms with Crippen molar-refractivity contribution in [3.8, 4) is 0 Å². The number of fused-ring (bicyclic) bond motifs is 1. The summed E-state index contributed by atoms with van der Waals surface area (Å²) in [5.41, 5.74) is 3.26. The molecule has 7 heteroatoms. The van der Waals surface area contributed by atoms with Gasteiger partial charge < -0.3 is 19.6 Å². The molecular formula is C24H22ClN3O2S. The van der Waals surface area contributed by atoms with E-state index in [-0.39, 0.29) is 5.56 Å². The molecule has 2 heterocycles. The standard InChI is InChI=1S/C24H22ClN3O2S/c1-16-10-18-11-19(23(29)27-22(18)12-21(16)25)15-28(14-17-6-3-2-4-7-17)24(31)26-13-20-8-5-9-30-20/h2-12H,13-15H2,1H3,(H,26,31)(H,27,29). The van der Waals surface area contributed by atoms with Crippen LogP contribution in [0, 0.1) is 6.92 Å². The number of aromatic amines is 1. The van der Waals surface area contributed by atoms with Gasteiger partial charge in [-0.3, -0.25) is 4.79 Å². The number of benzene rings is 2. The minimum absolute atomic E-state index is 0.153. The van der Waals surface area contributed by atoms with Crippen molar-refractivity contribution in [2.24, 2.45) is 0 Å². The number of halogens is 1. The molecule has 0 spiro atoms. The first-order valence-corrected chi connectivity index (χ1v) is 10.7. The van der Waals surface area contributed by atoms with Crippen molar-refractivity contribution in [2.45, 2.75) is 26.6 Å². The van der Waals surface area contributed by atoms with Gasteiger partial charge in [-0.25, -0.2) is 0 Å². The van der Waals surface area contributed by atoms with Crippen LogP contribution in [0.3, 0.4) is 0 Å². The average molecular weight is 452 g/mol. The second-order valence-corrected chi connectivity index (χ2v) is 8.19. The zero-order chi connectivity index (χ0) is 21.8. The number of hydrogen-bond donors (Lipinski definition) is 2. The molecule has 0 radical (unpaired) electrons. The molecule has 2 aromatic carbocycles. The van der Waals surface area contributed by atoms with Crippen LogP contribution < -0.4 is 10.9 Å². The van der Waals surface area contributed by atoms with E-state index in [1.54, 1.807) is 12.3 Å². The fourth-order valence-electron chi connectivity index (χ4n) is 3.40. The Bertz CT molecular complexity index is 1250. The van der Waals surface area contributed by atoms with Gasteiger partial charge in [-0.1, -0.05) is 41.9 Å². The summed E-state index contributed by atoms with van der Waals surface area (Å²) in [5.74, 6) is 0.790. The van der Waals surface area contributed by atoms with Crippen molar-refractivity contribution in [1.29, 1.82) is 0 Å². The first-order valence-electron chi connectivity index (χ1n) is 9.91. The van der Waals surface area contributed by atoms with Gasteiger partial charge >= 0.3 is 0 Å². The number of furan rings is 1. The van der Waals surface area contributed by atoms with Gasteiger partial charge in [0.05, 0.1) is 19.4 Å². The van der Waals surface area contributed by atoms with Crippen molar-refractivity contribution in [3.05, 3.63) is 105 Å². The van der Waals surface area contributed by atoms with E-state index < -0.39 is 0 Å². The SMILES string of the molecule is Cc1cc2cc(CN(Cc3ccccc3)C(=S)NCc3ccco3)c(=O)[nH]c2cc1Cl. The van der Waals surface area contributed by atoms with E-state index in [0.717, 1.165) is 27.8 Å². The maximum Gasteiger partial charge on any atom is 0.253 e. The molecule has 0 aliphatic heterocycles. The van der Waals surface area contributed by atoms with Gasteiger partial charge in [-0.2, -0.15) is 0 Å². The number of thiocarbonyl (C=S) groups is 1. The van der Waals surface area contributed by atoms with E-state index >= 15 is 0 Å². The zero-order valence-electron chi connectivity index (χ0n) is 17.0. The molecule has 4 rings (SSSR count). The van der Waals surface area contributed by atoms with Crippen LogP contribution in [0.15, 0.2) is 76.1 Å². The Kier molecular flexibility index (Phi) is 6.39.